The number of nitrogen functional groups attached to an aromatic ring is 1. The molecule has 214 valence electrons. The molecule has 0 radical (unpaired) electrons. The van der Waals surface area contributed by atoms with Gasteiger partial charge in [0.2, 0.25) is 5.95 Å². The molecule has 4 N–H and O–H groups in total. The van der Waals surface area contributed by atoms with Crippen molar-refractivity contribution in [3.8, 4) is 0 Å². The van der Waals surface area contributed by atoms with Crippen LogP contribution in [0.15, 0.2) is 48.7 Å². The van der Waals surface area contributed by atoms with Crippen molar-refractivity contribution in [2.24, 2.45) is 5.41 Å². The molecule has 1 spiro atoms. The lowest BCUT2D eigenvalue weighted by atomic mass is 9.66. The first-order valence-electron chi connectivity index (χ1n) is 14.1. The third-order valence-electron chi connectivity index (χ3n) is 8.68. The van der Waals surface area contributed by atoms with E-state index in [4.69, 9.17) is 17.3 Å². The molecule has 40 heavy (non-hydrogen) atoms. The fourth-order valence-electron chi connectivity index (χ4n) is 6.19. The average molecular weight is 582 g/mol. The van der Waals surface area contributed by atoms with Crippen LogP contribution in [0.3, 0.4) is 0 Å². The predicted molar refractivity (Wildman–Crippen MR) is 170 cm³/mol. The summed E-state index contributed by atoms with van der Waals surface area (Å²) in [6, 6.07) is 14.3. The highest BCUT2D eigenvalue weighted by atomic mass is 35.5. The second-order valence-electron chi connectivity index (χ2n) is 12.0. The highest BCUT2D eigenvalue weighted by Gasteiger charge is 2.38. The number of halogens is 1. The minimum atomic E-state index is -2.50. The van der Waals surface area contributed by atoms with E-state index in [2.05, 4.69) is 50.6 Å². The summed E-state index contributed by atoms with van der Waals surface area (Å²) in [6.07, 6.45) is 9.30. The number of hydrogen-bond acceptors (Lipinski definition) is 8. The minimum absolute atomic E-state index is 0.371. The summed E-state index contributed by atoms with van der Waals surface area (Å²) in [5.41, 5.74) is 10.4. The van der Waals surface area contributed by atoms with E-state index >= 15 is 0 Å². The molecule has 1 aliphatic heterocycles. The number of para-hydroxylation sites is 1. The Labute approximate surface area is 243 Å². The van der Waals surface area contributed by atoms with Crippen LogP contribution >= 0.6 is 18.7 Å². The van der Waals surface area contributed by atoms with Crippen molar-refractivity contribution < 1.29 is 4.57 Å². The Morgan fingerprint density at radius 3 is 2.40 bits per heavy atom. The van der Waals surface area contributed by atoms with E-state index in [1.54, 1.807) is 19.5 Å². The molecule has 2 heterocycles. The Morgan fingerprint density at radius 1 is 1.05 bits per heavy atom. The number of nitrogens with one attached hydrogen (secondary N) is 2. The van der Waals surface area contributed by atoms with Crippen molar-refractivity contribution in [1.82, 2.24) is 14.9 Å². The van der Waals surface area contributed by atoms with Gasteiger partial charge in [0.05, 0.1) is 23.3 Å². The van der Waals surface area contributed by atoms with Crippen LogP contribution in [-0.4, -0.2) is 61.4 Å². The Bertz CT molecular complexity index is 1390. The number of nitrogens with two attached hydrogens (primary N) is 1. The van der Waals surface area contributed by atoms with Crippen molar-refractivity contribution >= 4 is 58.6 Å². The zero-order valence-corrected chi connectivity index (χ0v) is 25.6. The van der Waals surface area contributed by atoms with Gasteiger partial charge in [-0.1, -0.05) is 23.7 Å². The first kappa shape index (κ1) is 28.7. The smallest absolute Gasteiger partial charge is 0.229 e. The Balaban J connectivity index is 1.25. The first-order chi connectivity index (χ1) is 19.0. The summed E-state index contributed by atoms with van der Waals surface area (Å²) in [5.74, 6) is 0.826. The minimum Gasteiger partial charge on any atom is -0.397 e. The van der Waals surface area contributed by atoms with Gasteiger partial charge in [-0.15, -0.1) is 0 Å². The molecular weight excluding hydrogens is 541 g/mol. The summed E-state index contributed by atoms with van der Waals surface area (Å²) >= 11 is 6.41. The second kappa shape index (κ2) is 11.6. The topological polar surface area (TPSA) is 99.4 Å². The van der Waals surface area contributed by atoms with Gasteiger partial charge in [-0.05, 0) is 102 Å². The number of anilines is 6. The molecule has 8 nitrogen and oxygen atoms in total. The fraction of sp³-hybridized carbons (Fsp3) is 0.467. The SMILES string of the molecule is CN(C)C1CCC2(CC1)CCN(c1ccc(Nc3ncc(Cl)c(Nc4ccccc4P(C)(C)=O)n3)cc1N)CC2. The molecule has 1 saturated carbocycles. The quantitative estimate of drug-likeness (QED) is 0.214. The van der Waals surface area contributed by atoms with Crippen LogP contribution < -0.4 is 26.6 Å². The van der Waals surface area contributed by atoms with Crippen LogP contribution in [0.4, 0.5) is 34.5 Å². The average Bonchev–Trinajstić information content (AvgIpc) is 2.91. The highest BCUT2D eigenvalue weighted by Crippen LogP contribution is 2.46. The van der Waals surface area contributed by atoms with E-state index in [1.807, 2.05) is 36.4 Å². The third kappa shape index (κ3) is 6.40. The summed E-state index contributed by atoms with van der Waals surface area (Å²) in [6.45, 7) is 5.58. The monoisotopic (exact) mass is 581 g/mol. The molecule has 1 aromatic heterocycles. The number of aromatic nitrogens is 2. The van der Waals surface area contributed by atoms with Gasteiger partial charge in [0.15, 0.2) is 5.82 Å². The standard InChI is InChI=1S/C30H41ClN7OP/c1-37(2)22-11-13-30(14-12-22)15-17-38(18-16-30)26-10-9-21(19-24(26)32)34-29-33-20-23(31)28(36-29)35-25-7-5-6-8-27(25)40(3,4)39/h5-10,19-20,22H,11-18,32H2,1-4H3,(H2,33,34,35,36). The molecule has 1 aliphatic carbocycles. The van der Waals surface area contributed by atoms with E-state index in [0.29, 0.717) is 27.9 Å². The van der Waals surface area contributed by atoms with Gasteiger partial charge < -0.3 is 30.7 Å². The number of piperidine rings is 1. The van der Waals surface area contributed by atoms with E-state index in [9.17, 15) is 4.57 Å². The lowest BCUT2D eigenvalue weighted by Gasteiger charge is -2.47. The van der Waals surface area contributed by atoms with Crippen LogP contribution in [0.25, 0.3) is 0 Å². The molecule has 2 aromatic carbocycles. The third-order valence-corrected chi connectivity index (χ3v) is 10.5. The summed E-state index contributed by atoms with van der Waals surface area (Å²) in [4.78, 5) is 13.8. The maximum Gasteiger partial charge on any atom is 0.229 e. The molecule has 0 amide bonds. The molecule has 3 aromatic rings. The molecule has 10 heteroatoms. The molecule has 0 bridgehead atoms. The molecule has 0 unspecified atom stereocenters. The van der Waals surface area contributed by atoms with Gasteiger partial charge in [-0.2, -0.15) is 4.98 Å². The number of nitrogens with zero attached hydrogens (tertiary/aromatic N) is 4. The Morgan fingerprint density at radius 2 is 1.75 bits per heavy atom. The Hall–Kier alpha value is -2.80. The maximum atomic E-state index is 12.8. The maximum absolute atomic E-state index is 12.8. The molecule has 5 rings (SSSR count). The predicted octanol–water partition coefficient (Wildman–Crippen LogP) is 6.54. The second-order valence-corrected chi connectivity index (χ2v) is 15.6. The van der Waals surface area contributed by atoms with Gasteiger partial charge in [-0.25, -0.2) is 4.98 Å². The van der Waals surface area contributed by atoms with E-state index in [-0.39, 0.29) is 0 Å². The fourth-order valence-corrected chi connectivity index (χ4v) is 7.49. The number of rotatable bonds is 7. The molecule has 1 saturated heterocycles. The van der Waals surface area contributed by atoms with Crippen molar-refractivity contribution in [2.75, 3.05) is 61.8 Å². The van der Waals surface area contributed by atoms with E-state index < -0.39 is 7.14 Å². The van der Waals surface area contributed by atoms with Gasteiger partial charge in [-0.3, -0.25) is 0 Å². The Kier molecular flexibility index (Phi) is 8.32. The molecule has 0 atom stereocenters. The number of benzene rings is 2. The zero-order chi connectivity index (χ0) is 28.5. The van der Waals surface area contributed by atoms with Crippen LogP contribution in [0, 0.1) is 5.41 Å². The van der Waals surface area contributed by atoms with Crippen molar-refractivity contribution in [3.05, 3.63) is 53.7 Å². The normalized spacial score (nSPS) is 17.8. The largest absolute Gasteiger partial charge is 0.397 e. The molecular formula is C30H41ClN7OP. The summed E-state index contributed by atoms with van der Waals surface area (Å²) in [7, 11) is 1.92. The van der Waals surface area contributed by atoms with Crippen molar-refractivity contribution in [2.45, 2.75) is 44.6 Å². The van der Waals surface area contributed by atoms with E-state index in [1.165, 1.54) is 38.5 Å². The van der Waals surface area contributed by atoms with Gasteiger partial charge in [0.1, 0.15) is 12.2 Å². The molecule has 2 fully saturated rings. The van der Waals surface area contributed by atoms with Crippen LogP contribution in [0.2, 0.25) is 5.02 Å². The van der Waals surface area contributed by atoms with Gasteiger partial charge in [0, 0.05) is 30.1 Å². The zero-order valence-electron chi connectivity index (χ0n) is 24.0. The lowest BCUT2D eigenvalue weighted by Crippen LogP contribution is -2.44. The van der Waals surface area contributed by atoms with E-state index in [0.717, 1.165) is 41.5 Å². The van der Waals surface area contributed by atoms with Crippen LogP contribution in [-0.2, 0) is 4.57 Å². The van der Waals surface area contributed by atoms with Crippen molar-refractivity contribution in [1.29, 1.82) is 0 Å². The summed E-state index contributed by atoms with van der Waals surface area (Å²) in [5, 5.41) is 7.61. The lowest BCUT2D eigenvalue weighted by molar-refractivity contribution is 0.0924. The first-order valence-corrected chi connectivity index (χ1v) is 17.0. The van der Waals surface area contributed by atoms with Gasteiger partial charge in [0.25, 0.3) is 0 Å². The molecule has 2 aliphatic rings. The van der Waals surface area contributed by atoms with Crippen LogP contribution in [0.1, 0.15) is 38.5 Å². The number of hydrogen-bond donors (Lipinski definition) is 3. The summed E-state index contributed by atoms with van der Waals surface area (Å²) < 4.78 is 12.8. The van der Waals surface area contributed by atoms with Crippen molar-refractivity contribution in [3.63, 3.8) is 0 Å². The van der Waals surface area contributed by atoms with Gasteiger partial charge >= 0.3 is 0 Å². The highest BCUT2D eigenvalue weighted by molar-refractivity contribution is 7.70. The van der Waals surface area contributed by atoms with Crippen LogP contribution in [0.5, 0.6) is 0 Å².